The Kier molecular flexibility index (Phi) is 6.39. The largest absolute Gasteiger partial charge is 0.450 e. The van der Waals surface area contributed by atoms with Crippen LogP contribution in [0, 0.1) is 6.92 Å². The van der Waals surface area contributed by atoms with Crippen LogP contribution in [0.2, 0.25) is 0 Å². The van der Waals surface area contributed by atoms with Crippen LogP contribution in [0.3, 0.4) is 0 Å². The highest BCUT2D eigenvalue weighted by molar-refractivity contribution is 5.97. The van der Waals surface area contributed by atoms with Crippen molar-refractivity contribution >= 4 is 23.4 Å². The zero-order valence-corrected chi connectivity index (χ0v) is 14.7. The number of aryl methyl sites for hydroxylation is 1. The topological polar surface area (TPSA) is 70.7 Å². The van der Waals surface area contributed by atoms with E-state index < -0.39 is 6.09 Å². The van der Waals surface area contributed by atoms with Gasteiger partial charge in [0.15, 0.2) is 0 Å². The van der Waals surface area contributed by atoms with Crippen LogP contribution in [0.5, 0.6) is 0 Å². The van der Waals surface area contributed by atoms with Gasteiger partial charge in [-0.1, -0.05) is 23.8 Å². The van der Waals surface area contributed by atoms with E-state index in [9.17, 15) is 9.59 Å². The van der Waals surface area contributed by atoms with Crippen LogP contribution < -0.4 is 15.8 Å². The molecule has 25 heavy (non-hydrogen) atoms. The van der Waals surface area contributed by atoms with E-state index in [1.54, 1.807) is 36.2 Å². The lowest BCUT2D eigenvalue weighted by Crippen LogP contribution is -2.42. The summed E-state index contributed by atoms with van der Waals surface area (Å²) in [5, 5.41) is 4.36. The maximum atomic E-state index is 12.5. The van der Waals surface area contributed by atoms with Gasteiger partial charge < -0.3 is 4.74 Å². The summed E-state index contributed by atoms with van der Waals surface area (Å²) in [6.45, 7) is 6.61. The highest BCUT2D eigenvalue weighted by Crippen LogP contribution is 2.15. The van der Waals surface area contributed by atoms with E-state index in [0.29, 0.717) is 17.8 Å². The van der Waals surface area contributed by atoms with Crippen molar-refractivity contribution in [3.63, 3.8) is 0 Å². The Bertz CT molecular complexity index is 729. The molecular weight excluding hydrogens is 318 g/mol. The number of amides is 2. The third-order valence-corrected chi connectivity index (χ3v) is 3.54. The number of anilines is 2. The highest BCUT2D eigenvalue weighted by atomic mass is 16.5. The molecule has 6 nitrogen and oxygen atoms in total. The summed E-state index contributed by atoms with van der Waals surface area (Å²) in [5.74, 6) is -0.255. The molecule has 0 heterocycles. The van der Waals surface area contributed by atoms with E-state index in [1.165, 1.54) is 0 Å². The number of nitrogens with zero attached hydrogens (tertiary/aromatic N) is 1. The molecule has 2 aromatic rings. The molecule has 2 amide bonds. The van der Waals surface area contributed by atoms with Crippen molar-refractivity contribution in [1.29, 1.82) is 0 Å². The van der Waals surface area contributed by atoms with Gasteiger partial charge in [0.25, 0.3) is 5.91 Å². The number of hydrogen-bond donors (Lipinski definition) is 2. The molecule has 0 atom stereocenters. The summed E-state index contributed by atoms with van der Waals surface area (Å²) < 4.78 is 4.84. The van der Waals surface area contributed by atoms with Crippen molar-refractivity contribution in [3.05, 3.63) is 59.7 Å². The van der Waals surface area contributed by atoms with Crippen molar-refractivity contribution in [3.8, 4) is 0 Å². The van der Waals surface area contributed by atoms with Gasteiger partial charge in [0.05, 0.1) is 12.3 Å². The SMILES string of the molecule is CCOC(=O)Nc1cccc(C(=O)NN(CC)c2ccc(C)cc2)c1. The zero-order valence-electron chi connectivity index (χ0n) is 14.7. The smallest absolute Gasteiger partial charge is 0.411 e. The van der Waals surface area contributed by atoms with E-state index in [2.05, 4.69) is 10.7 Å². The maximum absolute atomic E-state index is 12.5. The molecule has 0 radical (unpaired) electrons. The zero-order chi connectivity index (χ0) is 18.2. The second-order valence-corrected chi connectivity index (χ2v) is 5.45. The molecule has 2 aromatic carbocycles. The van der Waals surface area contributed by atoms with E-state index >= 15 is 0 Å². The van der Waals surface area contributed by atoms with Crippen LogP contribution in [0.1, 0.15) is 29.8 Å². The fourth-order valence-electron chi connectivity index (χ4n) is 2.26. The number of carbonyl (C=O) groups is 2. The molecule has 6 heteroatoms. The number of benzene rings is 2. The maximum Gasteiger partial charge on any atom is 0.411 e. The molecule has 0 unspecified atom stereocenters. The minimum absolute atomic E-state index is 0.255. The first-order valence-electron chi connectivity index (χ1n) is 8.22. The summed E-state index contributed by atoms with van der Waals surface area (Å²) in [5.41, 5.74) is 5.88. The van der Waals surface area contributed by atoms with Gasteiger partial charge in [-0.3, -0.25) is 20.5 Å². The minimum Gasteiger partial charge on any atom is -0.450 e. The summed E-state index contributed by atoms with van der Waals surface area (Å²) in [4.78, 5) is 24.0. The lowest BCUT2D eigenvalue weighted by atomic mass is 10.2. The van der Waals surface area contributed by atoms with E-state index in [-0.39, 0.29) is 12.5 Å². The number of hydrogen-bond acceptors (Lipinski definition) is 4. The van der Waals surface area contributed by atoms with E-state index in [1.807, 2.05) is 38.1 Å². The lowest BCUT2D eigenvalue weighted by molar-refractivity contribution is 0.0949. The van der Waals surface area contributed by atoms with Crippen LogP contribution in [-0.4, -0.2) is 25.2 Å². The summed E-state index contributed by atoms with van der Waals surface area (Å²) in [6, 6.07) is 14.6. The van der Waals surface area contributed by atoms with Crippen LogP contribution in [-0.2, 0) is 4.74 Å². The minimum atomic E-state index is -0.546. The average Bonchev–Trinajstić information content (AvgIpc) is 2.60. The number of carbonyl (C=O) groups excluding carboxylic acids is 2. The van der Waals surface area contributed by atoms with Gasteiger partial charge in [0, 0.05) is 17.8 Å². The first-order chi connectivity index (χ1) is 12.0. The molecule has 0 aromatic heterocycles. The predicted octanol–water partition coefficient (Wildman–Crippen LogP) is 3.73. The molecule has 2 rings (SSSR count). The van der Waals surface area contributed by atoms with Crippen LogP contribution in [0.25, 0.3) is 0 Å². The van der Waals surface area contributed by atoms with Gasteiger partial charge in [-0.15, -0.1) is 0 Å². The Morgan fingerprint density at radius 3 is 2.44 bits per heavy atom. The Morgan fingerprint density at radius 2 is 1.80 bits per heavy atom. The number of hydrazine groups is 1. The van der Waals surface area contributed by atoms with Crippen molar-refractivity contribution in [2.45, 2.75) is 20.8 Å². The van der Waals surface area contributed by atoms with E-state index in [0.717, 1.165) is 11.3 Å². The third kappa shape index (κ3) is 5.24. The normalized spacial score (nSPS) is 10.0. The van der Waals surface area contributed by atoms with Crippen molar-refractivity contribution < 1.29 is 14.3 Å². The Labute approximate surface area is 147 Å². The number of nitrogens with one attached hydrogen (secondary N) is 2. The van der Waals surface area contributed by atoms with Crippen LogP contribution in [0.4, 0.5) is 16.2 Å². The monoisotopic (exact) mass is 341 g/mol. The summed E-state index contributed by atoms with van der Waals surface area (Å²) in [6.07, 6.45) is -0.546. The van der Waals surface area contributed by atoms with E-state index in [4.69, 9.17) is 4.74 Å². The van der Waals surface area contributed by atoms with Crippen molar-refractivity contribution in [2.75, 3.05) is 23.5 Å². The molecule has 0 saturated heterocycles. The second kappa shape index (κ2) is 8.73. The quantitative estimate of drug-likeness (QED) is 0.785. The average molecular weight is 341 g/mol. The van der Waals surface area contributed by atoms with Crippen LogP contribution >= 0.6 is 0 Å². The van der Waals surface area contributed by atoms with Gasteiger partial charge in [-0.25, -0.2) is 4.79 Å². The van der Waals surface area contributed by atoms with Crippen LogP contribution in [0.15, 0.2) is 48.5 Å². The van der Waals surface area contributed by atoms with Crippen molar-refractivity contribution in [1.82, 2.24) is 5.43 Å². The second-order valence-electron chi connectivity index (χ2n) is 5.45. The molecular formula is C19H23N3O3. The molecule has 132 valence electrons. The molecule has 0 aliphatic heterocycles. The number of rotatable bonds is 6. The first kappa shape index (κ1) is 18.3. The van der Waals surface area contributed by atoms with Gasteiger partial charge in [0.2, 0.25) is 0 Å². The van der Waals surface area contributed by atoms with Gasteiger partial charge >= 0.3 is 6.09 Å². The van der Waals surface area contributed by atoms with Gasteiger partial charge in [-0.05, 0) is 51.1 Å². The molecule has 2 N–H and O–H groups in total. The summed E-state index contributed by atoms with van der Waals surface area (Å²) in [7, 11) is 0. The molecule has 0 spiro atoms. The molecule has 0 bridgehead atoms. The molecule has 0 saturated carbocycles. The highest BCUT2D eigenvalue weighted by Gasteiger charge is 2.12. The fraction of sp³-hybridized carbons (Fsp3) is 0.263. The van der Waals surface area contributed by atoms with Gasteiger partial charge in [0.1, 0.15) is 0 Å². The molecule has 0 aliphatic rings. The summed E-state index contributed by atoms with van der Waals surface area (Å²) >= 11 is 0. The van der Waals surface area contributed by atoms with Crippen molar-refractivity contribution in [2.24, 2.45) is 0 Å². The Hall–Kier alpha value is -3.02. The Morgan fingerprint density at radius 1 is 1.08 bits per heavy atom. The lowest BCUT2D eigenvalue weighted by Gasteiger charge is -2.24. The first-order valence-corrected chi connectivity index (χ1v) is 8.22. The molecule has 0 aliphatic carbocycles. The Balaban J connectivity index is 2.08. The number of ether oxygens (including phenoxy) is 1. The third-order valence-electron chi connectivity index (χ3n) is 3.54. The predicted molar refractivity (Wildman–Crippen MR) is 98.8 cm³/mol. The fourth-order valence-corrected chi connectivity index (χ4v) is 2.26. The van der Waals surface area contributed by atoms with Gasteiger partial charge in [-0.2, -0.15) is 0 Å². The standard InChI is InChI=1S/C19H23N3O3/c1-4-22(17-11-9-14(3)10-12-17)21-18(23)15-7-6-8-16(13-15)20-19(24)25-5-2/h6-13H,4-5H2,1-3H3,(H,20,24)(H,21,23). The molecule has 0 fully saturated rings.